The number of rotatable bonds is 22. The van der Waals surface area contributed by atoms with Crippen LogP contribution in [0.5, 0.6) is 0 Å². The number of ether oxygens (including phenoxy) is 1. The van der Waals surface area contributed by atoms with Crippen LogP contribution < -0.4 is 10.1 Å². The SMILES string of the molecule is CCCCCCCCCCCC(=O)OC(CCO)S(=O)(=O)NCCc1coc([Si](CC)(CC)CC)c1. The first-order chi connectivity index (χ1) is 17.3. The Morgan fingerprint density at radius 2 is 1.58 bits per heavy atom. The number of esters is 1. The van der Waals surface area contributed by atoms with Crippen LogP contribution >= 0.6 is 0 Å². The van der Waals surface area contributed by atoms with Crippen LogP contribution in [0, 0.1) is 0 Å². The van der Waals surface area contributed by atoms with Crippen molar-refractivity contribution in [3.8, 4) is 0 Å². The van der Waals surface area contributed by atoms with Gasteiger partial charge in [-0.25, -0.2) is 13.1 Å². The van der Waals surface area contributed by atoms with Crippen LogP contribution in [0.15, 0.2) is 16.7 Å². The number of sulfonamides is 1. The highest BCUT2D eigenvalue weighted by Crippen LogP contribution is 2.21. The Morgan fingerprint density at radius 1 is 1.00 bits per heavy atom. The lowest BCUT2D eigenvalue weighted by molar-refractivity contribution is -0.146. The van der Waals surface area contributed by atoms with E-state index in [1.165, 1.54) is 38.5 Å². The van der Waals surface area contributed by atoms with Crippen molar-refractivity contribution in [1.82, 2.24) is 4.72 Å². The maximum Gasteiger partial charge on any atom is 0.307 e. The molecule has 1 unspecified atom stereocenters. The second-order valence-corrected chi connectivity index (χ2v) is 16.9. The highest BCUT2D eigenvalue weighted by molar-refractivity contribution is 7.90. The van der Waals surface area contributed by atoms with E-state index in [4.69, 9.17) is 9.15 Å². The van der Waals surface area contributed by atoms with Gasteiger partial charge in [-0.1, -0.05) is 97.2 Å². The number of nitrogens with one attached hydrogen (secondary N) is 1. The summed E-state index contributed by atoms with van der Waals surface area (Å²) in [6.07, 6.45) is 12.5. The van der Waals surface area contributed by atoms with Crippen molar-refractivity contribution >= 4 is 29.4 Å². The minimum Gasteiger partial charge on any atom is -0.474 e. The van der Waals surface area contributed by atoms with Gasteiger partial charge in [-0.15, -0.1) is 0 Å². The minimum absolute atomic E-state index is 0.147. The van der Waals surface area contributed by atoms with E-state index in [2.05, 4.69) is 38.5 Å². The molecular formula is C27H51NO6SSi. The van der Waals surface area contributed by atoms with Crippen molar-refractivity contribution in [1.29, 1.82) is 0 Å². The van der Waals surface area contributed by atoms with Gasteiger partial charge in [0.1, 0.15) is 8.07 Å². The number of carbonyl (C=O) groups excluding carboxylic acids is 1. The van der Waals surface area contributed by atoms with E-state index < -0.39 is 29.5 Å². The van der Waals surface area contributed by atoms with Gasteiger partial charge in [0.2, 0.25) is 15.5 Å². The molecule has 0 aliphatic heterocycles. The Hall–Kier alpha value is -1.16. The van der Waals surface area contributed by atoms with Gasteiger partial charge in [-0.05, 0) is 24.5 Å². The van der Waals surface area contributed by atoms with E-state index in [1.807, 2.05) is 0 Å². The van der Waals surface area contributed by atoms with Crippen molar-refractivity contribution in [2.75, 3.05) is 13.2 Å². The third kappa shape index (κ3) is 11.5. The van der Waals surface area contributed by atoms with Crippen LogP contribution in [0.3, 0.4) is 0 Å². The molecule has 0 bridgehead atoms. The number of hydrogen-bond donors (Lipinski definition) is 2. The fourth-order valence-corrected chi connectivity index (χ4v) is 9.22. The third-order valence-corrected chi connectivity index (χ3v) is 14.4. The predicted molar refractivity (Wildman–Crippen MR) is 150 cm³/mol. The monoisotopic (exact) mass is 545 g/mol. The molecule has 1 rings (SSSR count). The second-order valence-electron chi connectivity index (χ2n) is 9.86. The number of unbranched alkanes of at least 4 members (excludes halogenated alkanes) is 8. The van der Waals surface area contributed by atoms with Crippen molar-refractivity contribution in [3.63, 3.8) is 0 Å². The quantitative estimate of drug-likeness (QED) is 0.111. The molecule has 0 spiro atoms. The molecular weight excluding hydrogens is 494 g/mol. The minimum atomic E-state index is -3.91. The lowest BCUT2D eigenvalue weighted by Gasteiger charge is -2.24. The maximum atomic E-state index is 12.8. The predicted octanol–water partition coefficient (Wildman–Crippen LogP) is 5.63. The first kappa shape index (κ1) is 32.9. The molecule has 2 N–H and O–H groups in total. The van der Waals surface area contributed by atoms with Gasteiger partial charge < -0.3 is 14.3 Å². The Kier molecular flexibility index (Phi) is 16.6. The Bertz CT molecular complexity index is 814. The van der Waals surface area contributed by atoms with Gasteiger partial charge in [0.25, 0.3) is 0 Å². The summed E-state index contributed by atoms with van der Waals surface area (Å²) in [4.78, 5) is 12.3. The normalized spacial score (nSPS) is 13.1. The highest BCUT2D eigenvalue weighted by Gasteiger charge is 2.33. The van der Waals surface area contributed by atoms with Gasteiger partial charge in [-0.2, -0.15) is 0 Å². The highest BCUT2D eigenvalue weighted by atomic mass is 32.2. The zero-order valence-electron chi connectivity index (χ0n) is 23.1. The number of carbonyl (C=O) groups is 1. The van der Waals surface area contributed by atoms with Crippen LogP contribution in [-0.2, 0) is 26.0 Å². The van der Waals surface area contributed by atoms with Crippen LogP contribution in [-0.4, -0.2) is 46.2 Å². The molecule has 1 heterocycles. The number of aliphatic hydroxyl groups is 1. The molecule has 1 atom stereocenters. The summed E-state index contributed by atoms with van der Waals surface area (Å²) in [6, 6.07) is 5.43. The summed E-state index contributed by atoms with van der Waals surface area (Å²) in [5, 5.41) is 10.4. The topological polar surface area (TPSA) is 106 Å². The standard InChI is InChI=1S/C27H51NO6SSi/c1-5-9-10-11-12-13-14-15-16-17-25(30)34-26(19-21-29)35(31,32)28-20-18-24-22-27(33-23-24)36(6-2,7-3)8-4/h22-23,26,28-29H,5-21H2,1-4H3. The molecule has 0 radical (unpaired) electrons. The number of aliphatic hydroxyl groups excluding tert-OH is 1. The van der Waals surface area contributed by atoms with Gasteiger partial charge in [0.15, 0.2) is 0 Å². The molecule has 36 heavy (non-hydrogen) atoms. The van der Waals surface area contributed by atoms with Gasteiger partial charge in [0.05, 0.1) is 11.6 Å². The molecule has 210 valence electrons. The lowest BCUT2D eigenvalue weighted by Crippen LogP contribution is -2.44. The first-order valence-electron chi connectivity index (χ1n) is 14.1. The Balaban J connectivity index is 2.46. The van der Waals surface area contributed by atoms with Crippen molar-refractivity contribution in [2.24, 2.45) is 0 Å². The second kappa shape index (κ2) is 18.1. The molecule has 0 aliphatic rings. The van der Waals surface area contributed by atoms with Crippen molar-refractivity contribution in [2.45, 2.75) is 128 Å². The molecule has 0 amide bonds. The van der Waals surface area contributed by atoms with Crippen LogP contribution in [0.1, 0.15) is 104 Å². The largest absolute Gasteiger partial charge is 0.474 e. The van der Waals surface area contributed by atoms with E-state index in [0.717, 1.165) is 41.9 Å². The summed E-state index contributed by atoms with van der Waals surface area (Å²) in [5.74, 6) is -0.527. The average molecular weight is 546 g/mol. The number of furan rings is 1. The van der Waals surface area contributed by atoms with Crippen molar-refractivity contribution in [3.05, 3.63) is 17.9 Å². The van der Waals surface area contributed by atoms with E-state index in [0.29, 0.717) is 12.8 Å². The molecule has 0 fully saturated rings. The van der Waals surface area contributed by atoms with Gasteiger partial charge >= 0.3 is 5.97 Å². The van der Waals surface area contributed by atoms with Crippen LogP contribution in [0.25, 0.3) is 0 Å². The Morgan fingerprint density at radius 3 is 2.14 bits per heavy atom. The molecule has 1 aromatic rings. The van der Waals surface area contributed by atoms with Crippen LogP contribution in [0.4, 0.5) is 0 Å². The van der Waals surface area contributed by atoms with Gasteiger partial charge in [0, 0.05) is 26.0 Å². The molecule has 1 aromatic heterocycles. The maximum absolute atomic E-state index is 12.8. The Labute approximate surface area is 220 Å². The molecule has 0 aromatic carbocycles. The zero-order valence-corrected chi connectivity index (χ0v) is 25.0. The summed E-state index contributed by atoms with van der Waals surface area (Å²) in [6.45, 7) is 8.66. The molecule has 0 aliphatic carbocycles. The summed E-state index contributed by atoms with van der Waals surface area (Å²) >= 11 is 0. The summed E-state index contributed by atoms with van der Waals surface area (Å²) in [7, 11) is -5.52. The smallest absolute Gasteiger partial charge is 0.307 e. The fourth-order valence-electron chi connectivity index (χ4n) is 4.66. The van der Waals surface area contributed by atoms with Crippen molar-refractivity contribution < 1.29 is 27.5 Å². The third-order valence-electron chi connectivity index (χ3n) is 7.38. The van der Waals surface area contributed by atoms with E-state index >= 15 is 0 Å². The molecule has 9 heteroatoms. The fraction of sp³-hybridized carbons (Fsp3) is 0.815. The van der Waals surface area contributed by atoms with E-state index in [9.17, 15) is 18.3 Å². The molecule has 0 saturated carbocycles. The van der Waals surface area contributed by atoms with Gasteiger partial charge in [-0.3, -0.25) is 4.79 Å². The molecule has 7 nitrogen and oxygen atoms in total. The van der Waals surface area contributed by atoms with E-state index in [1.54, 1.807) is 6.26 Å². The average Bonchev–Trinajstić information content (AvgIpc) is 3.33. The van der Waals surface area contributed by atoms with E-state index in [-0.39, 0.29) is 26.0 Å². The summed E-state index contributed by atoms with van der Waals surface area (Å²) < 4.78 is 39.2. The summed E-state index contributed by atoms with van der Waals surface area (Å²) in [5.41, 5.74) is -0.421. The lowest BCUT2D eigenvalue weighted by atomic mass is 10.1. The zero-order chi connectivity index (χ0) is 26.9. The molecule has 0 saturated heterocycles. The van der Waals surface area contributed by atoms with Crippen LogP contribution in [0.2, 0.25) is 18.1 Å². The number of hydrogen-bond acceptors (Lipinski definition) is 6. The first-order valence-corrected chi connectivity index (χ1v) is 18.3.